The second-order valence-corrected chi connectivity index (χ2v) is 9.16. The van der Waals surface area contributed by atoms with Crippen LogP contribution in [0.4, 0.5) is 0 Å². The molecular formula is C23H32ClN3O3. The number of carbonyl (C=O) groups is 3. The van der Waals surface area contributed by atoms with Crippen LogP contribution in [0.15, 0.2) is 24.3 Å². The molecule has 0 bridgehead atoms. The molecule has 1 heterocycles. The number of alkyl halides is 1. The van der Waals surface area contributed by atoms with Crippen LogP contribution in [0.25, 0.3) is 0 Å². The summed E-state index contributed by atoms with van der Waals surface area (Å²) in [6, 6.07) is 7.43. The quantitative estimate of drug-likeness (QED) is 0.700. The highest BCUT2D eigenvalue weighted by Crippen LogP contribution is 2.23. The van der Waals surface area contributed by atoms with Gasteiger partial charge in [-0.1, -0.05) is 31.0 Å². The van der Waals surface area contributed by atoms with Gasteiger partial charge in [0, 0.05) is 36.7 Å². The number of aryl methyl sites for hydroxylation is 1. The molecule has 3 rings (SSSR count). The molecule has 30 heavy (non-hydrogen) atoms. The van der Waals surface area contributed by atoms with Gasteiger partial charge in [0.1, 0.15) is 5.38 Å². The summed E-state index contributed by atoms with van der Waals surface area (Å²) >= 11 is 5.90. The maximum atomic E-state index is 12.9. The number of halogens is 1. The molecule has 164 valence electrons. The van der Waals surface area contributed by atoms with Crippen molar-refractivity contribution in [1.82, 2.24) is 15.5 Å². The number of amides is 3. The topological polar surface area (TPSA) is 78.5 Å². The van der Waals surface area contributed by atoms with Gasteiger partial charge in [-0.05, 0) is 51.2 Å². The second-order valence-electron chi connectivity index (χ2n) is 8.51. The predicted molar refractivity (Wildman–Crippen MR) is 117 cm³/mol. The van der Waals surface area contributed by atoms with Crippen molar-refractivity contribution in [1.29, 1.82) is 0 Å². The number of likely N-dealkylation sites (tertiary alicyclic amines) is 1. The zero-order valence-corrected chi connectivity index (χ0v) is 18.6. The van der Waals surface area contributed by atoms with E-state index in [2.05, 4.69) is 10.6 Å². The van der Waals surface area contributed by atoms with E-state index in [0.29, 0.717) is 31.5 Å². The van der Waals surface area contributed by atoms with Gasteiger partial charge < -0.3 is 15.5 Å². The third kappa shape index (κ3) is 5.54. The monoisotopic (exact) mass is 433 g/mol. The molecule has 3 amide bonds. The van der Waals surface area contributed by atoms with Crippen molar-refractivity contribution >= 4 is 29.3 Å². The van der Waals surface area contributed by atoms with E-state index in [-0.39, 0.29) is 35.7 Å². The molecule has 7 heteroatoms. The zero-order valence-electron chi connectivity index (χ0n) is 17.8. The van der Waals surface area contributed by atoms with Gasteiger partial charge in [-0.2, -0.15) is 0 Å². The number of hydrogen-bond acceptors (Lipinski definition) is 3. The van der Waals surface area contributed by atoms with Crippen molar-refractivity contribution in [2.24, 2.45) is 5.92 Å². The summed E-state index contributed by atoms with van der Waals surface area (Å²) in [5.74, 6) is -0.222. The summed E-state index contributed by atoms with van der Waals surface area (Å²) in [7, 11) is 0. The number of rotatable bonds is 5. The van der Waals surface area contributed by atoms with Crippen LogP contribution < -0.4 is 10.6 Å². The molecule has 2 fully saturated rings. The molecule has 0 spiro atoms. The molecule has 1 aromatic carbocycles. The first-order valence-electron chi connectivity index (χ1n) is 11.0. The van der Waals surface area contributed by atoms with Gasteiger partial charge in [0.15, 0.2) is 0 Å². The zero-order chi connectivity index (χ0) is 21.7. The van der Waals surface area contributed by atoms with E-state index in [9.17, 15) is 14.4 Å². The van der Waals surface area contributed by atoms with Crippen LogP contribution >= 0.6 is 11.6 Å². The third-order valence-electron chi connectivity index (χ3n) is 6.32. The SMILES string of the molecule is Cc1ccccc1C(=O)N[C@@H]1CCCC[C@H]1NC(=O)C1CCN(C(=O)[C@@H](C)Cl)CC1. The van der Waals surface area contributed by atoms with Crippen molar-refractivity contribution in [3.8, 4) is 0 Å². The van der Waals surface area contributed by atoms with E-state index in [4.69, 9.17) is 11.6 Å². The highest BCUT2D eigenvalue weighted by Gasteiger charge is 2.33. The maximum Gasteiger partial charge on any atom is 0.251 e. The lowest BCUT2D eigenvalue weighted by molar-refractivity contribution is -0.135. The molecule has 2 N–H and O–H groups in total. The number of nitrogens with one attached hydrogen (secondary N) is 2. The number of piperidine rings is 1. The summed E-state index contributed by atoms with van der Waals surface area (Å²) in [6.45, 7) is 4.73. The molecule has 0 aromatic heterocycles. The first-order valence-corrected chi connectivity index (χ1v) is 11.4. The molecule has 1 aliphatic heterocycles. The maximum absolute atomic E-state index is 12.9. The molecule has 3 atom stereocenters. The van der Waals surface area contributed by atoms with Crippen LogP contribution in [0.5, 0.6) is 0 Å². The lowest BCUT2D eigenvalue weighted by Gasteiger charge is -2.36. The molecule has 0 radical (unpaired) electrons. The molecule has 1 aromatic rings. The van der Waals surface area contributed by atoms with Gasteiger partial charge in [-0.3, -0.25) is 14.4 Å². The lowest BCUT2D eigenvalue weighted by atomic mass is 9.88. The van der Waals surface area contributed by atoms with Crippen molar-refractivity contribution in [2.45, 2.75) is 69.8 Å². The van der Waals surface area contributed by atoms with Crippen LogP contribution in [-0.4, -0.2) is 53.2 Å². The van der Waals surface area contributed by atoms with Crippen LogP contribution in [0.2, 0.25) is 0 Å². The Labute approximate surface area is 183 Å². The molecule has 1 saturated heterocycles. The first kappa shape index (κ1) is 22.6. The van der Waals surface area contributed by atoms with E-state index >= 15 is 0 Å². The van der Waals surface area contributed by atoms with Gasteiger partial charge in [-0.25, -0.2) is 0 Å². The van der Waals surface area contributed by atoms with Crippen molar-refractivity contribution < 1.29 is 14.4 Å². The lowest BCUT2D eigenvalue weighted by Crippen LogP contribution is -2.55. The van der Waals surface area contributed by atoms with Crippen LogP contribution in [0, 0.1) is 12.8 Å². The fourth-order valence-electron chi connectivity index (χ4n) is 4.46. The van der Waals surface area contributed by atoms with E-state index < -0.39 is 5.38 Å². The third-order valence-corrected chi connectivity index (χ3v) is 6.50. The fourth-order valence-corrected chi connectivity index (χ4v) is 4.60. The van der Waals surface area contributed by atoms with Crippen LogP contribution in [0.1, 0.15) is 61.4 Å². The Bertz CT molecular complexity index is 775. The van der Waals surface area contributed by atoms with Crippen LogP contribution in [0.3, 0.4) is 0 Å². The highest BCUT2D eigenvalue weighted by molar-refractivity contribution is 6.30. The molecule has 6 nitrogen and oxygen atoms in total. The van der Waals surface area contributed by atoms with Gasteiger partial charge in [0.25, 0.3) is 5.91 Å². The van der Waals surface area contributed by atoms with Crippen molar-refractivity contribution in [3.05, 3.63) is 35.4 Å². The van der Waals surface area contributed by atoms with E-state index in [1.54, 1.807) is 11.8 Å². The largest absolute Gasteiger partial charge is 0.351 e. The Morgan fingerprint density at radius 2 is 1.60 bits per heavy atom. The van der Waals surface area contributed by atoms with Crippen LogP contribution in [-0.2, 0) is 9.59 Å². The summed E-state index contributed by atoms with van der Waals surface area (Å²) in [5, 5.41) is 5.81. The van der Waals surface area contributed by atoms with Gasteiger partial charge in [-0.15, -0.1) is 11.6 Å². The summed E-state index contributed by atoms with van der Waals surface area (Å²) in [5.41, 5.74) is 1.62. The summed E-state index contributed by atoms with van der Waals surface area (Å²) < 4.78 is 0. The normalized spacial score (nSPS) is 23.5. The summed E-state index contributed by atoms with van der Waals surface area (Å²) in [4.78, 5) is 39.4. The molecule has 1 aliphatic carbocycles. The van der Waals surface area contributed by atoms with E-state index in [1.807, 2.05) is 31.2 Å². The highest BCUT2D eigenvalue weighted by atomic mass is 35.5. The minimum absolute atomic E-state index is 0.0306. The average molecular weight is 434 g/mol. The Kier molecular flexibility index (Phi) is 7.75. The van der Waals surface area contributed by atoms with Crippen molar-refractivity contribution in [2.75, 3.05) is 13.1 Å². The Hall–Kier alpha value is -2.08. The van der Waals surface area contributed by atoms with Gasteiger partial charge in [0.05, 0.1) is 0 Å². The van der Waals surface area contributed by atoms with Crippen molar-refractivity contribution in [3.63, 3.8) is 0 Å². The van der Waals surface area contributed by atoms with E-state index in [0.717, 1.165) is 31.2 Å². The fraction of sp³-hybridized carbons (Fsp3) is 0.609. The number of benzene rings is 1. The first-order chi connectivity index (χ1) is 14.4. The minimum Gasteiger partial charge on any atom is -0.351 e. The predicted octanol–water partition coefficient (Wildman–Crippen LogP) is 3.02. The number of hydrogen-bond donors (Lipinski definition) is 2. The van der Waals surface area contributed by atoms with Gasteiger partial charge in [0.2, 0.25) is 11.8 Å². The molecule has 1 saturated carbocycles. The molecule has 0 unspecified atom stereocenters. The molecular weight excluding hydrogens is 402 g/mol. The number of carbonyl (C=O) groups excluding carboxylic acids is 3. The second kappa shape index (κ2) is 10.3. The average Bonchev–Trinajstić information content (AvgIpc) is 2.74. The van der Waals surface area contributed by atoms with Gasteiger partial charge >= 0.3 is 0 Å². The Morgan fingerprint density at radius 1 is 1.00 bits per heavy atom. The van der Waals surface area contributed by atoms with E-state index in [1.165, 1.54) is 0 Å². The Balaban J connectivity index is 1.55. The smallest absolute Gasteiger partial charge is 0.251 e. The summed E-state index contributed by atoms with van der Waals surface area (Å²) in [6.07, 6.45) is 5.11. The Morgan fingerprint density at radius 3 is 2.20 bits per heavy atom. The standard InChI is InChI=1S/C23H32ClN3O3/c1-15-7-3-4-8-18(15)22(29)26-20-10-6-5-9-19(20)25-21(28)17-11-13-27(14-12-17)23(30)16(2)24/h3-4,7-8,16-17,19-20H,5-6,9-14H2,1-2H3,(H,25,28)(H,26,29)/t16-,19-,20-/m1/s1. The minimum atomic E-state index is -0.532. The molecule has 2 aliphatic rings. The number of nitrogens with zero attached hydrogens (tertiary/aromatic N) is 1.